The predicted molar refractivity (Wildman–Crippen MR) is 72.0 cm³/mol. The van der Waals surface area contributed by atoms with E-state index >= 15 is 0 Å². The highest BCUT2D eigenvalue weighted by atomic mass is 19.1. The Labute approximate surface area is 114 Å². The van der Waals surface area contributed by atoms with E-state index in [0.717, 1.165) is 59.2 Å². The minimum Gasteiger partial charge on any atom is -0.251 e. The number of allylic oxidation sites excluding steroid dienone is 2. The maximum Gasteiger partial charge on any atom is 0.0925 e. The second kappa shape index (κ2) is 3.12. The largest absolute Gasteiger partial charge is 0.251 e. The predicted octanol–water partition coefficient (Wildman–Crippen LogP) is 3.93. The van der Waals surface area contributed by atoms with Gasteiger partial charge in [0.15, 0.2) is 0 Å². The van der Waals surface area contributed by atoms with E-state index in [1.165, 1.54) is 25.7 Å². The first-order valence-electron chi connectivity index (χ1n) is 8.61. The van der Waals surface area contributed by atoms with E-state index in [4.69, 9.17) is 0 Å². The van der Waals surface area contributed by atoms with Crippen LogP contribution < -0.4 is 0 Å². The third-order valence-corrected chi connectivity index (χ3v) is 8.57. The topological polar surface area (TPSA) is 0 Å². The molecular weight excluding hydrogens is 235 g/mol. The number of rotatable bonds is 1. The van der Waals surface area contributed by atoms with Crippen LogP contribution in [0.1, 0.15) is 25.7 Å². The van der Waals surface area contributed by atoms with E-state index < -0.39 is 0 Å². The van der Waals surface area contributed by atoms with Crippen molar-refractivity contribution in [3.8, 4) is 0 Å². The van der Waals surface area contributed by atoms with Gasteiger partial charge in [0.05, 0.1) is 6.67 Å². The smallest absolute Gasteiger partial charge is 0.0925 e. The summed E-state index contributed by atoms with van der Waals surface area (Å²) in [6, 6.07) is 0. The second-order valence-electron chi connectivity index (χ2n) is 8.63. The molecule has 6 aliphatic carbocycles. The molecule has 0 amide bonds. The third-order valence-electron chi connectivity index (χ3n) is 8.57. The summed E-state index contributed by atoms with van der Waals surface area (Å²) in [5.41, 5.74) is 0. The van der Waals surface area contributed by atoms with E-state index in [2.05, 4.69) is 12.2 Å². The molecule has 6 bridgehead atoms. The monoisotopic (exact) mass is 258 g/mol. The van der Waals surface area contributed by atoms with Crippen LogP contribution in [0.15, 0.2) is 12.2 Å². The highest BCUT2D eigenvalue weighted by Gasteiger charge is 2.70. The van der Waals surface area contributed by atoms with Crippen LogP contribution in [0.4, 0.5) is 4.39 Å². The summed E-state index contributed by atoms with van der Waals surface area (Å²) in [5, 5.41) is 0. The molecule has 0 aromatic carbocycles. The lowest BCUT2D eigenvalue weighted by Crippen LogP contribution is -2.42. The van der Waals surface area contributed by atoms with E-state index in [0.29, 0.717) is 5.92 Å². The van der Waals surface area contributed by atoms with Crippen LogP contribution in [0.2, 0.25) is 0 Å². The van der Waals surface area contributed by atoms with Crippen LogP contribution in [-0.4, -0.2) is 6.67 Å². The van der Waals surface area contributed by atoms with Crippen molar-refractivity contribution in [1.82, 2.24) is 0 Å². The van der Waals surface area contributed by atoms with Crippen LogP contribution >= 0.6 is 0 Å². The number of hydrogen-bond donors (Lipinski definition) is 0. The normalized spacial score (nSPS) is 70.1. The molecule has 0 saturated heterocycles. The van der Waals surface area contributed by atoms with E-state index in [1.807, 2.05) is 0 Å². The molecule has 19 heavy (non-hydrogen) atoms. The van der Waals surface area contributed by atoms with Crippen molar-refractivity contribution in [3.05, 3.63) is 12.2 Å². The van der Waals surface area contributed by atoms with Crippen molar-refractivity contribution in [2.75, 3.05) is 6.67 Å². The highest BCUT2D eigenvalue weighted by Crippen LogP contribution is 2.76. The molecule has 0 nitrogen and oxygen atoms in total. The Morgan fingerprint density at radius 3 is 2.21 bits per heavy atom. The van der Waals surface area contributed by atoms with Gasteiger partial charge in [-0.05, 0) is 90.8 Å². The Kier molecular flexibility index (Phi) is 1.71. The van der Waals surface area contributed by atoms with Crippen molar-refractivity contribution in [2.45, 2.75) is 25.7 Å². The lowest BCUT2D eigenvalue weighted by Gasteiger charge is -2.45. The van der Waals surface area contributed by atoms with E-state index in [-0.39, 0.29) is 6.67 Å². The van der Waals surface area contributed by atoms with Crippen LogP contribution in [0.3, 0.4) is 0 Å². The molecular formula is C18H23F. The highest BCUT2D eigenvalue weighted by molar-refractivity contribution is 5.24. The Bertz CT molecular complexity index is 468. The van der Waals surface area contributed by atoms with Crippen molar-refractivity contribution in [3.63, 3.8) is 0 Å². The second-order valence-corrected chi connectivity index (χ2v) is 8.63. The zero-order valence-corrected chi connectivity index (χ0v) is 11.4. The number of fused-ring (bicyclic) bond motifs is 16. The summed E-state index contributed by atoms with van der Waals surface area (Å²) >= 11 is 0. The molecule has 0 spiro atoms. The summed E-state index contributed by atoms with van der Waals surface area (Å²) in [6.07, 6.45) is 10.8. The lowest BCUT2D eigenvalue weighted by atomic mass is 9.59. The summed E-state index contributed by atoms with van der Waals surface area (Å²) in [7, 11) is 0. The van der Waals surface area contributed by atoms with Crippen molar-refractivity contribution in [2.24, 2.45) is 65.1 Å². The van der Waals surface area contributed by atoms with Gasteiger partial charge in [0.25, 0.3) is 0 Å². The molecule has 5 fully saturated rings. The Balaban J connectivity index is 1.42. The van der Waals surface area contributed by atoms with E-state index in [9.17, 15) is 4.39 Å². The van der Waals surface area contributed by atoms with Gasteiger partial charge in [-0.15, -0.1) is 0 Å². The minimum absolute atomic E-state index is 0.0260. The van der Waals surface area contributed by atoms with Gasteiger partial charge < -0.3 is 0 Å². The summed E-state index contributed by atoms with van der Waals surface area (Å²) < 4.78 is 13.3. The fourth-order valence-electron chi connectivity index (χ4n) is 8.56. The molecule has 5 saturated carbocycles. The molecule has 0 aliphatic heterocycles. The zero-order valence-electron chi connectivity index (χ0n) is 11.4. The summed E-state index contributed by atoms with van der Waals surface area (Å²) in [4.78, 5) is 0. The van der Waals surface area contributed by atoms with Gasteiger partial charge in [0.1, 0.15) is 0 Å². The number of halogens is 1. The van der Waals surface area contributed by atoms with Gasteiger partial charge in [-0.25, -0.2) is 0 Å². The quantitative estimate of drug-likeness (QED) is 0.494. The van der Waals surface area contributed by atoms with Gasteiger partial charge >= 0.3 is 0 Å². The van der Waals surface area contributed by atoms with Crippen LogP contribution in [0.5, 0.6) is 0 Å². The van der Waals surface area contributed by atoms with E-state index in [1.54, 1.807) is 0 Å². The van der Waals surface area contributed by atoms with Crippen molar-refractivity contribution < 1.29 is 4.39 Å². The molecule has 4 unspecified atom stereocenters. The number of alkyl halides is 1. The van der Waals surface area contributed by atoms with Crippen LogP contribution in [-0.2, 0) is 0 Å². The van der Waals surface area contributed by atoms with Crippen LogP contribution in [0, 0.1) is 65.1 Å². The standard InChI is InChI=1S/C18H23F/c19-7-11-4-10-5-12(11)18-14-6-13(17(10)18)15-8-1-2-9(3-8)16(14)15/h1-2,8-18H,3-7H2/t8-,9+,10-,11-,12-,13-,14+,15?,16?,17?,18?/m1/s1. The molecule has 0 aromatic heterocycles. The molecule has 102 valence electrons. The molecule has 6 rings (SSSR count). The fraction of sp³-hybridized carbons (Fsp3) is 0.889. The minimum atomic E-state index is -0.0260. The van der Waals surface area contributed by atoms with Crippen molar-refractivity contribution >= 4 is 0 Å². The Morgan fingerprint density at radius 1 is 0.737 bits per heavy atom. The average Bonchev–Trinajstić information content (AvgIpc) is 3.20. The number of hydrogen-bond acceptors (Lipinski definition) is 0. The van der Waals surface area contributed by atoms with Gasteiger partial charge in [0, 0.05) is 0 Å². The zero-order chi connectivity index (χ0) is 12.3. The van der Waals surface area contributed by atoms with Gasteiger partial charge in [0.2, 0.25) is 0 Å². The fourth-order valence-corrected chi connectivity index (χ4v) is 8.56. The molecule has 0 N–H and O–H groups in total. The molecule has 0 radical (unpaired) electrons. The third kappa shape index (κ3) is 0.976. The summed E-state index contributed by atoms with van der Waals surface area (Å²) in [6.45, 7) is -0.0260. The average molecular weight is 258 g/mol. The molecule has 6 aliphatic rings. The molecule has 0 heterocycles. The van der Waals surface area contributed by atoms with Crippen molar-refractivity contribution in [1.29, 1.82) is 0 Å². The Morgan fingerprint density at radius 2 is 1.47 bits per heavy atom. The first-order valence-corrected chi connectivity index (χ1v) is 8.61. The van der Waals surface area contributed by atoms with Crippen LogP contribution in [0.25, 0.3) is 0 Å². The first-order chi connectivity index (χ1) is 9.36. The maximum absolute atomic E-state index is 13.3. The SMILES string of the molecule is FC[C@H]1C[C@@H]2C[C@H]1C1C2[C@@H]2C[C@H]1C1C2[C@@H]2C=C[C@H]1C2. The maximum atomic E-state index is 13.3. The first kappa shape index (κ1) is 10.4. The van der Waals surface area contributed by atoms with Gasteiger partial charge in [-0.3, -0.25) is 4.39 Å². The molecule has 11 atom stereocenters. The Hall–Kier alpha value is -0.330. The van der Waals surface area contributed by atoms with Gasteiger partial charge in [-0.2, -0.15) is 0 Å². The lowest BCUT2D eigenvalue weighted by molar-refractivity contribution is 0.0241. The molecule has 0 aromatic rings. The summed E-state index contributed by atoms with van der Waals surface area (Å²) in [5.74, 6) is 10.2. The van der Waals surface area contributed by atoms with Gasteiger partial charge in [-0.1, -0.05) is 12.2 Å². The molecule has 1 heteroatoms.